The number of thiophene rings is 1. The maximum atomic E-state index is 6.79. The number of aromatic nitrogens is 2. The maximum Gasteiger partial charge on any atom is 2.00 e. The van der Waals surface area contributed by atoms with Crippen LogP contribution in [0.4, 0.5) is 0 Å². The average Bonchev–Trinajstić information content (AvgIpc) is 3.50. The topological polar surface area (TPSA) is 35.0 Å². The number of nitrogens with zero attached hydrogens (tertiary/aromatic N) is 2. The van der Waals surface area contributed by atoms with Gasteiger partial charge in [0.1, 0.15) is 0 Å². The molecule has 0 fully saturated rings. The smallest absolute Gasteiger partial charge is 0.422 e. The summed E-state index contributed by atoms with van der Waals surface area (Å²) in [6, 6.07) is 48.2. The summed E-state index contributed by atoms with van der Waals surface area (Å²) < 4.78 is 9.17. The zero-order chi connectivity index (χ0) is 39.4. The van der Waals surface area contributed by atoms with E-state index in [0.717, 1.165) is 67.5 Å². The Morgan fingerprint density at radius 3 is 2.02 bits per heavy atom. The molecule has 0 aliphatic carbocycles. The molecule has 0 aliphatic rings. The summed E-state index contributed by atoms with van der Waals surface area (Å²) in [5.41, 5.74) is 9.84. The molecular formula is C52H50N2OPtS. The number of ether oxygens (including phenoxy) is 1. The van der Waals surface area contributed by atoms with Crippen LogP contribution >= 0.6 is 11.3 Å². The minimum Gasteiger partial charge on any atom is -0.422 e. The SMILES string of the molecule is CC(C)(C)Cc1ccc2ccc(-c3nc(Oc4cc(C(C)(C)C)cc(-c5[c-]ccc(-c6ccccc6)c5)n4)cc4c3sc3cc(CC(C)(C)C)ccc34)[c-]c2c1.[Pt+2]. The number of hydrogen-bond acceptors (Lipinski definition) is 4. The van der Waals surface area contributed by atoms with E-state index >= 15 is 0 Å². The summed E-state index contributed by atoms with van der Waals surface area (Å²) in [7, 11) is 0. The predicted molar refractivity (Wildman–Crippen MR) is 238 cm³/mol. The Morgan fingerprint density at radius 1 is 0.614 bits per heavy atom. The molecule has 8 aromatic rings. The van der Waals surface area contributed by atoms with Gasteiger partial charge in [-0.15, -0.1) is 76.4 Å². The quantitative estimate of drug-likeness (QED) is 0.149. The number of pyridine rings is 2. The molecule has 0 aliphatic heterocycles. The van der Waals surface area contributed by atoms with Crippen molar-refractivity contribution in [3.8, 4) is 45.4 Å². The number of fused-ring (bicyclic) bond motifs is 4. The molecule has 3 heterocycles. The second-order valence-corrected chi connectivity index (χ2v) is 19.7. The minimum atomic E-state index is -0.143. The van der Waals surface area contributed by atoms with Crippen LogP contribution in [0.3, 0.4) is 0 Å². The summed E-state index contributed by atoms with van der Waals surface area (Å²) in [5.74, 6) is 1.01. The molecule has 0 N–H and O–H groups in total. The van der Waals surface area contributed by atoms with E-state index in [2.05, 4.69) is 178 Å². The van der Waals surface area contributed by atoms with E-state index < -0.39 is 0 Å². The third kappa shape index (κ3) is 9.25. The third-order valence-electron chi connectivity index (χ3n) is 10.1. The van der Waals surface area contributed by atoms with Crippen LogP contribution in [-0.4, -0.2) is 9.97 Å². The molecule has 290 valence electrons. The summed E-state index contributed by atoms with van der Waals surface area (Å²) >= 11 is 1.80. The summed E-state index contributed by atoms with van der Waals surface area (Å²) in [4.78, 5) is 10.4. The van der Waals surface area contributed by atoms with Crippen molar-refractivity contribution in [3.63, 3.8) is 0 Å². The van der Waals surface area contributed by atoms with Crippen molar-refractivity contribution in [3.05, 3.63) is 144 Å². The summed E-state index contributed by atoms with van der Waals surface area (Å²) in [6.07, 6.45) is 2.01. The van der Waals surface area contributed by atoms with Gasteiger partial charge in [-0.25, -0.2) is 0 Å². The first kappa shape index (κ1) is 40.6. The number of benzene rings is 5. The molecule has 3 aromatic heterocycles. The van der Waals surface area contributed by atoms with Crippen molar-refractivity contribution in [2.45, 2.75) is 80.6 Å². The van der Waals surface area contributed by atoms with E-state index in [1.165, 1.54) is 26.6 Å². The molecule has 3 nitrogen and oxygen atoms in total. The Kier molecular flexibility index (Phi) is 11.1. The molecule has 0 saturated heterocycles. The Balaban J connectivity index is 0.00000496. The van der Waals surface area contributed by atoms with Crippen molar-refractivity contribution >= 4 is 42.3 Å². The maximum absolute atomic E-state index is 6.79. The first-order valence-corrected chi connectivity index (χ1v) is 20.5. The van der Waals surface area contributed by atoms with Crippen LogP contribution in [-0.2, 0) is 39.3 Å². The second kappa shape index (κ2) is 15.6. The van der Waals surface area contributed by atoms with E-state index in [-0.39, 0.29) is 37.3 Å². The van der Waals surface area contributed by atoms with Crippen LogP contribution in [0.1, 0.15) is 79.0 Å². The van der Waals surface area contributed by atoms with E-state index in [0.29, 0.717) is 11.8 Å². The van der Waals surface area contributed by atoms with Crippen LogP contribution in [0.25, 0.3) is 64.6 Å². The van der Waals surface area contributed by atoms with Gasteiger partial charge in [0, 0.05) is 32.6 Å². The summed E-state index contributed by atoms with van der Waals surface area (Å²) in [6.45, 7) is 20.4. The van der Waals surface area contributed by atoms with Crippen LogP contribution in [0.5, 0.6) is 11.8 Å². The molecule has 5 heteroatoms. The van der Waals surface area contributed by atoms with E-state index in [1.54, 1.807) is 11.3 Å². The fourth-order valence-corrected chi connectivity index (χ4v) is 8.74. The zero-order valence-corrected chi connectivity index (χ0v) is 37.5. The summed E-state index contributed by atoms with van der Waals surface area (Å²) in [5, 5.41) is 4.59. The Labute approximate surface area is 356 Å². The molecule has 5 aromatic carbocycles. The van der Waals surface area contributed by atoms with Gasteiger partial charge in [0.25, 0.3) is 0 Å². The predicted octanol–water partition coefficient (Wildman–Crippen LogP) is 14.9. The van der Waals surface area contributed by atoms with Gasteiger partial charge in [-0.2, -0.15) is 0 Å². The van der Waals surface area contributed by atoms with Gasteiger partial charge < -0.3 is 4.74 Å². The molecule has 0 unspecified atom stereocenters. The van der Waals surface area contributed by atoms with Crippen molar-refractivity contribution in [2.24, 2.45) is 10.8 Å². The van der Waals surface area contributed by atoms with Gasteiger partial charge in [-0.05, 0) is 62.9 Å². The van der Waals surface area contributed by atoms with Gasteiger partial charge in [-0.3, -0.25) is 9.97 Å². The van der Waals surface area contributed by atoms with Crippen LogP contribution in [0.2, 0.25) is 0 Å². The molecular weight excluding hydrogens is 896 g/mol. The molecule has 0 saturated carbocycles. The average molecular weight is 946 g/mol. The van der Waals surface area contributed by atoms with Crippen molar-refractivity contribution in [2.75, 3.05) is 0 Å². The molecule has 0 atom stereocenters. The van der Waals surface area contributed by atoms with Crippen LogP contribution < -0.4 is 4.74 Å². The van der Waals surface area contributed by atoms with E-state index in [4.69, 9.17) is 14.7 Å². The Hall–Kier alpha value is -4.63. The van der Waals surface area contributed by atoms with Crippen LogP contribution in [0, 0.1) is 23.0 Å². The fraction of sp³-hybridized carbons (Fsp3) is 0.269. The van der Waals surface area contributed by atoms with Crippen molar-refractivity contribution in [1.82, 2.24) is 9.97 Å². The normalized spacial score (nSPS) is 12.3. The molecule has 8 rings (SSSR count). The molecule has 0 spiro atoms. The third-order valence-corrected chi connectivity index (χ3v) is 11.3. The fourth-order valence-electron chi connectivity index (χ4n) is 7.49. The van der Waals surface area contributed by atoms with Crippen LogP contribution in [0.15, 0.2) is 115 Å². The minimum absolute atomic E-state index is 0. The molecule has 0 amide bonds. The van der Waals surface area contributed by atoms with E-state index in [1.807, 2.05) is 12.1 Å². The Bertz CT molecular complexity index is 2730. The van der Waals surface area contributed by atoms with E-state index in [9.17, 15) is 0 Å². The standard InChI is InChI=1S/C52H50N2OS.Pt/c1-50(2,3)31-33-18-20-36-21-22-39(27-40(36)24-33)48-49-43(42-23-19-34(25-45(42)56-49)32-51(4,5)6)30-47(54-48)55-46-29-41(52(7,8)9)28-44(53-46)38-17-13-16-37(26-38)35-14-11-10-12-15-35;/h10-16,18-26,28-30H,31-32H2,1-9H3;/q-2;+2. The van der Waals surface area contributed by atoms with Gasteiger partial charge >= 0.3 is 21.1 Å². The second-order valence-electron chi connectivity index (χ2n) is 18.7. The van der Waals surface area contributed by atoms with Gasteiger partial charge in [0.05, 0.1) is 0 Å². The Morgan fingerprint density at radius 2 is 1.30 bits per heavy atom. The van der Waals surface area contributed by atoms with Gasteiger partial charge in [-0.1, -0.05) is 139 Å². The van der Waals surface area contributed by atoms with Gasteiger partial charge in [0.2, 0.25) is 11.8 Å². The first-order valence-electron chi connectivity index (χ1n) is 19.6. The van der Waals surface area contributed by atoms with Crippen molar-refractivity contribution < 1.29 is 25.8 Å². The molecule has 0 bridgehead atoms. The number of hydrogen-bond donors (Lipinski definition) is 0. The monoisotopic (exact) mass is 945 g/mol. The van der Waals surface area contributed by atoms with Gasteiger partial charge in [0.15, 0.2) is 0 Å². The number of rotatable bonds is 7. The molecule has 0 radical (unpaired) electrons. The molecule has 57 heavy (non-hydrogen) atoms. The van der Waals surface area contributed by atoms with Crippen molar-refractivity contribution in [1.29, 1.82) is 0 Å². The first-order chi connectivity index (χ1) is 26.5. The zero-order valence-electron chi connectivity index (χ0n) is 34.4. The largest absolute Gasteiger partial charge is 2.00 e.